The average molecular weight is 454 g/mol. The molecule has 0 saturated carbocycles. The van der Waals surface area contributed by atoms with E-state index in [9.17, 15) is 26.4 Å². The number of carbonyl (C=O) groups excluding carboxylic acids is 1. The summed E-state index contributed by atoms with van der Waals surface area (Å²) in [5, 5.41) is 0.00894. The van der Waals surface area contributed by atoms with Crippen molar-refractivity contribution in [3.05, 3.63) is 53.5 Å². The van der Waals surface area contributed by atoms with Gasteiger partial charge in [0, 0.05) is 43.0 Å². The van der Waals surface area contributed by atoms with Crippen LogP contribution in [-0.2, 0) is 10.0 Å². The number of halogens is 3. The quantitative estimate of drug-likeness (QED) is 0.613. The first-order valence-corrected chi connectivity index (χ1v) is 10.8. The first-order valence-electron chi connectivity index (χ1n) is 9.36. The highest BCUT2D eigenvalue weighted by molar-refractivity contribution is 7.90. The zero-order valence-electron chi connectivity index (χ0n) is 16.2. The topological polar surface area (TPSA) is 88.8 Å². The van der Waals surface area contributed by atoms with Crippen LogP contribution in [0.3, 0.4) is 0 Å². The van der Waals surface area contributed by atoms with E-state index in [4.69, 9.17) is 9.15 Å². The van der Waals surface area contributed by atoms with Gasteiger partial charge >= 0.3 is 5.91 Å². The number of anilines is 1. The number of ether oxygens (including phenoxy) is 1. The maximum absolute atomic E-state index is 14.4. The van der Waals surface area contributed by atoms with Gasteiger partial charge in [-0.25, -0.2) is 26.3 Å². The van der Waals surface area contributed by atoms with Crippen LogP contribution in [0.5, 0.6) is 5.75 Å². The van der Waals surface area contributed by atoms with Crippen molar-refractivity contribution < 1.29 is 35.5 Å². The van der Waals surface area contributed by atoms with E-state index in [1.54, 1.807) is 10.8 Å². The summed E-state index contributed by atoms with van der Waals surface area (Å²) in [4.78, 5) is 13.7. The van der Waals surface area contributed by atoms with Crippen molar-refractivity contribution in [1.29, 1.82) is 0 Å². The zero-order chi connectivity index (χ0) is 22.3. The standard InChI is InChI=1S/C20H17F3N2O5S/c1-2-29-17-9-14(22)15(23)10-19(17)31(27,28)24-20(26)18-8-12-13(21)6-11(7-16(12)30-18)25-4-3-5-25/h6-10H,2-5H2,1H3,(H,24,26). The molecule has 11 heteroatoms. The van der Waals surface area contributed by atoms with Crippen molar-refractivity contribution in [2.24, 2.45) is 0 Å². The number of carbonyl (C=O) groups is 1. The molecule has 1 aliphatic rings. The molecule has 2 heterocycles. The van der Waals surface area contributed by atoms with Crippen molar-refractivity contribution in [2.75, 3.05) is 24.6 Å². The lowest BCUT2D eigenvalue weighted by molar-refractivity contribution is 0.0956. The van der Waals surface area contributed by atoms with E-state index in [-0.39, 0.29) is 17.6 Å². The third-order valence-electron chi connectivity index (χ3n) is 4.82. The number of rotatable bonds is 6. The maximum Gasteiger partial charge on any atom is 0.300 e. The number of fused-ring (bicyclic) bond motifs is 1. The first-order chi connectivity index (χ1) is 14.7. The zero-order valence-corrected chi connectivity index (χ0v) is 17.1. The molecule has 0 atom stereocenters. The van der Waals surface area contributed by atoms with Gasteiger partial charge in [0.25, 0.3) is 10.0 Å². The molecule has 1 fully saturated rings. The van der Waals surface area contributed by atoms with Crippen LogP contribution in [0.15, 0.2) is 39.6 Å². The fraction of sp³-hybridized carbons (Fsp3) is 0.250. The van der Waals surface area contributed by atoms with Gasteiger partial charge in [0.1, 0.15) is 22.0 Å². The van der Waals surface area contributed by atoms with Crippen LogP contribution < -0.4 is 14.4 Å². The minimum Gasteiger partial charge on any atom is -0.492 e. The predicted octanol–water partition coefficient (Wildman–Crippen LogP) is 3.58. The summed E-state index contributed by atoms with van der Waals surface area (Å²) in [6.45, 7) is 3.04. The summed E-state index contributed by atoms with van der Waals surface area (Å²) >= 11 is 0. The minimum absolute atomic E-state index is 0.00894. The van der Waals surface area contributed by atoms with E-state index >= 15 is 0 Å². The van der Waals surface area contributed by atoms with Crippen molar-refractivity contribution in [3.63, 3.8) is 0 Å². The Kier molecular flexibility index (Phi) is 5.29. The second kappa shape index (κ2) is 7.80. The molecule has 7 nitrogen and oxygen atoms in total. The van der Waals surface area contributed by atoms with E-state index < -0.39 is 49.8 Å². The number of hydrogen-bond acceptors (Lipinski definition) is 6. The Hall–Kier alpha value is -3.21. The van der Waals surface area contributed by atoms with Gasteiger partial charge in [-0.1, -0.05) is 0 Å². The van der Waals surface area contributed by atoms with Gasteiger partial charge in [0.15, 0.2) is 17.4 Å². The van der Waals surface area contributed by atoms with Crippen LogP contribution >= 0.6 is 0 Å². The molecule has 0 bridgehead atoms. The molecule has 1 saturated heterocycles. The van der Waals surface area contributed by atoms with Crippen molar-refractivity contribution in [3.8, 4) is 5.75 Å². The fourth-order valence-corrected chi connectivity index (χ4v) is 4.26. The Morgan fingerprint density at radius 3 is 2.45 bits per heavy atom. The summed E-state index contributed by atoms with van der Waals surface area (Å²) in [6, 6.07) is 4.93. The number of hydrogen-bond donors (Lipinski definition) is 1. The van der Waals surface area contributed by atoms with Gasteiger partial charge in [0.2, 0.25) is 0 Å². The van der Waals surface area contributed by atoms with Crippen LogP contribution in [0.1, 0.15) is 23.9 Å². The molecule has 164 valence electrons. The molecular weight excluding hydrogens is 437 g/mol. The number of benzene rings is 2. The number of amides is 1. The SMILES string of the molecule is CCOc1cc(F)c(F)cc1S(=O)(=O)NC(=O)c1cc2c(F)cc(N3CCC3)cc2o1. The molecule has 4 rings (SSSR count). The van der Waals surface area contributed by atoms with E-state index in [1.165, 1.54) is 13.0 Å². The molecule has 0 radical (unpaired) electrons. The number of furan rings is 1. The van der Waals surface area contributed by atoms with Gasteiger partial charge in [-0.2, -0.15) is 0 Å². The fourth-order valence-electron chi connectivity index (χ4n) is 3.17. The van der Waals surface area contributed by atoms with Crippen LogP contribution in [0, 0.1) is 17.5 Å². The molecule has 2 aromatic carbocycles. The average Bonchev–Trinajstić information content (AvgIpc) is 3.08. The van der Waals surface area contributed by atoms with Crippen LogP contribution in [0.4, 0.5) is 18.9 Å². The van der Waals surface area contributed by atoms with E-state index in [0.717, 1.165) is 25.6 Å². The molecule has 0 unspecified atom stereocenters. The molecule has 1 N–H and O–H groups in total. The second-order valence-electron chi connectivity index (χ2n) is 6.87. The summed E-state index contributed by atoms with van der Waals surface area (Å²) < 4.78 is 78.9. The first kappa shape index (κ1) is 21.0. The molecule has 31 heavy (non-hydrogen) atoms. The number of nitrogens with zero attached hydrogens (tertiary/aromatic N) is 1. The summed E-state index contributed by atoms with van der Waals surface area (Å²) in [6.07, 6.45) is 0.983. The lowest BCUT2D eigenvalue weighted by Crippen LogP contribution is -2.36. The second-order valence-corrected chi connectivity index (χ2v) is 8.52. The molecule has 3 aromatic rings. The minimum atomic E-state index is -4.66. The third kappa shape index (κ3) is 3.92. The number of sulfonamides is 1. The van der Waals surface area contributed by atoms with Gasteiger partial charge in [0.05, 0.1) is 12.0 Å². The van der Waals surface area contributed by atoms with Gasteiger partial charge in [-0.05, 0) is 19.4 Å². The summed E-state index contributed by atoms with van der Waals surface area (Å²) in [7, 11) is -4.66. The highest BCUT2D eigenvalue weighted by Gasteiger charge is 2.27. The molecular formula is C20H17F3N2O5S. The normalized spacial score (nSPS) is 13.9. The molecule has 1 aromatic heterocycles. The van der Waals surface area contributed by atoms with E-state index in [0.29, 0.717) is 17.8 Å². The highest BCUT2D eigenvalue weighted by Crippen LogP contribution is 2.31. The van der Waals surface area contributed by atoms with Crippen LogP contribution in [0.2, 0.25) is 0 Å². The van der Waals surface area contributed by atoms with Crippen LogP contribution in [-0.4, -0.2) is 34.0 Å². The number of nitrogens with one attached hydrogen (secondary N) is 1. The molecule has 0 aliphatic carbocycles. The third-order valence-corrected chi connectivity index (χ3v) is 6.17. The van der Waals surface area contributed by atoms with Crippen molar-refractivity contribution in [1.82, 2.24) is 4.72 Å². The lowest BCUT2D eigenvalue weighted by Gasteiger charge is -2.33. The molecule has 1 amide bonds. The Morgan fingerprint density at radius 2 is 1.81 bits per heavy atom. The summed E-state index contributed by atoms with van der Waals surface area (Å²) in [5.74, 6) is -5.48. The van der Waals surface area contributed by atoms with E-state index in [2.05, 4.69) is 0 Å². The maximum atomic E-state index is 14.4. The predicted molar refractivity (Wildman–Crippen MR) is 105 cm³/mol. The van der Waals surface area contributed by atoms with Gasteiger partial charge in [-0.15, -0.1) is 0 Å². The van der Waals surface area contributed by atoms with Crippen molar-refractivity contribution in [2.45, 2.75) is 18.2 Å². The van der Waals surface area contributed by atoms with Gasteiger partial charge in [-0.3, -0.25) is 4.79 Å². The highest BCUT2D eigenvalue weighted by atomic mass is 32.2. The molecule has 0 spiro atoms. The van der Waals surface area contributed by atoms with E-state index in [1.807, 2.05) is 4.90 Å². The smallest absolute Gasteiger partial charge is 0.300 e. The lowest BCUT2D eigenvalue weighted by atomic mass is 10.1. The Balaban J connectivity index is 1.65. The Labute approximate surface area is 175 Å². The van der Waals surface area contributed by atoms with Gasteiger partial charge < -0.3 is 14.1 Å². The van der Waals surface area contributed by atoms with Crippen LogP contribution in [0.25, 0.3) is 11.0 Å². The Morgan fingerprint density at radius 1 is 1.10 bits per heavy atom. The Bertz CT molecular complexity index is 1290. The largest absolute Gasteiger partial charge is 0.492 e. The molecule has 1 aliphatic heterocycles. The summed E-state index contributed by atoms with van der Waals surface area (Å²) in [5.41, 5.74) is 0.667. The van der Waals surface area contributed by atoms with Crippen molar-refractivity contribution >= 4 is 32.6 Å². The monoisotopic (exact) mass is 454 g/mol.